The maximum absolute atomic E-state index is 13.4. The van der Waals surface area contributed by atoms with Crippen molar-refractivity contribution in [1.82, 2.24) is 24.5 Å². The molecule has 0 unspecified atom stereocenters. The fourth-order valence-corrected chi connectivity index (χ4v) is 4.42. The van der Waals surface area contributed by atoms with Crippen molar-refractivity contribution in [2.45, 2.75) is 24.9 Å². The average Bonchev–Trinajstić information content (AvgIpc) is 2.81. The van der Waals surface area contributed by atoms with Crippen molar-refractivity contribution in [1.29, 1.82) is 0 Å². The number of benzene rings is 3. The number of nitrogens with zero attached hydrogens (tertiary/aromatic N) is 5. The Morgan fingerprint density at radius 3 is 2.25 bits per heavy atom. The first-order valence-corrected chi connectivity index (χ1v) is 11.1. The van der Waals surface area contributed by atoms with Crippen molar-refractivity contribution in [3.8, 4) is 5.69 Å². The Kier molecular flexibility index (Phi) is 5.07. The van der Waals surface area contributed by atoms with Gasteiger partial charge in [-0.2, -0.15) is 4.68 Å². The zero-order valence-corrected chi connectivity index (χ0v) is 18.3. The molecule has 8 heteroatoms. The zero-order valence-electron chi connectivity index (χ0n) is 17.5. The van der Waals surface area contributed by atoms with E-state index in [1.165, 1.54) is 16.4 Å². The molecule has 0 aliphatic carbocycles. The molecule has 7 nitrogen and oxygen atoms in total. The second kappa shape index (κ2) is 8.05. The van der Waals surface area contributed by atoms with Gasteiger partial charge in [0.25, 0.3) is 11.1 Å². The van der Waals surface area contributed by atoms with Crippen LogP contribution in [-0.4, -0.2) is 24.5 Å². The van der Waals surface area contributed by atoms with Gasteiger partial charge in [-0.05, 0) is 61.4 Å². The van der Waals surface area contributed by atoms with Gasteiger partial charge in [-0.15, -0.1) is 5.10 Å². The first kappa shape index (κ1) is 20.1. The van der Waals surface area contributed by atoms with Crippen molar-refractivity contribution < 1.29 is 0 Å². The Bertz CT molecular complexity index is 1610. The van der Waals surface area contributed by atoms with Gasteiger partial charge in [0, 0.05) is 0 Å². The number of hydrogen-bond acceptors (Lipinski definition) is 6. The Labute approximate surface area is 187 Å². The summed E-state index contributed by atoms with van der Waals surface area (Å²) in [6, 6.07) is 20.2. The average molecular weight is 442 g/mol. The molecule has 0 atom stereocenters. The predicted molar refractivity (Wildman–Crippen MR) is 126 cm³/mol. The van der Waals surface area contributed by atoms with Gasteiger partial charge in [-0.3, -0.25) is 14.2 Å². The number of rotatable bonds is 4. The van der Waals surface area contributed by atoms with E-state index in [1.807, 2.05) is 56.3 Å². The van der Waals surface area contributed by atoms with E-state index in [9.17, 15) is 9.59 Å². The van der Waals surface area contributed by atoms with Gasteiger partial charge in [0.1, 0.15) is 5.52 Å². The van der Waals surface area contributed by atoms with Crippen LogP contribution in [0.1, 0.15) is 11.1 Å². The lowest BCUT2D eigenvalue weighted by Gasteiger charge is -2.14. The maximum Gasteiger partial charge on any atom is 0.278 e. The molecule has 0 spiro atoms. The van der Waals surface area contributed by atoms with Crippen LogP contribution in [0, 0.1) is 13.8 Å². The first-order valence-electron chi connectivity index (χ1n) is 10.1. The largest absolute Gasteiger partial charge is 0.278 e. The number of thioether (sulfide) groups is 1. The molecule has 0 amide bonds. The SMILES string of the molecule is Cc1ccc(-n2c(SCn3nnc4ccccc4c3=O)nc3ccccc3c2=O)cc1C. The van der Waals surface area contributed by atoms with Crippen LogP contribution in [-0.2, 0) is 5.88 Å². The highest BCUT2D eigenvalue weighted by Crippen LogP contribution is 2.23. The molecule has 0 radical (unpaired) electrons. The Balaban J connectivity index is 1.63. The van der Waals surface area contributed by atoms with E-state index in [0.717, 1.165) is 16.8 Å². The van der Waals surface area contributed by atoms with Crippen molar-refractivity contribution in [2.75, 3.05) is 0 Å². The van der Waals surface area contributed by atoms with Gasteiger partial charge in [-0.1, -0.05) is 47.3 Å². The van der Waals surface area contributed by atoms with Crippen LogP contribution in [0.15, 0.2) is 81.5 Å². The summed E-state index contributed by atoms with van der Waals surface area (Å²) in [6.07, 6.45) is 0. The highest BCUT2D eigenvalue weighted by Gasteiger charge is 2.15. The zero-order chi connectivity index (χ0) is 22.2. The van der Waals surface area contributed by atoms with Crippen molar-refractivity contribution >= 4 is 33.6 Å². The number of hydrogen-bond donors (Lipinski definition) is 0. The summed E-state index contributed by atoms with van der Waals surface area (Å²) in [5.74, 6) is 0.173. The van der Waals surface area contributed by atoms with Gasteiger partial charge in [0.2, 0.25) is 0 Å². The molecule has 2 heterocycles. The summed E-state index contributed by atoms with van der Waals surface area (Å²) in [5, 5.41) is 9.71. The maximum atomic E-state index is 13.4. The van der Waals surface area contributed by atoms with E-state index in [1.54, 1.807) is 28.8 Å². The molecule has 0 fully saturated rings. The predicted octanol–water partition coefficient (Wildman–Crippen LogP) is 3.86. The van der Waals surface area contributed by atoms with Gasteiger partial charge >= 0.3 is 0 Å². The molecule has 0 bridgehead atoms. The molecule has 5 rings (SSSR count). The molecule has 0 aliphatic heterocycles. The minimum atomic E-state index is -0.232. The van der Waals surface area contributed by atoms with E-state index < -0.39 is 0 Å². The van der Waals surface area contributed by atoms with E-state index in [2.05, 4.69) is 10.3 Å². The molecule has 3 aromatic carbocycles. The minimum Gasteiger partial charge on any atom is -0.268 e. The summed E-state index contributed by atoms with van der Waals surface area (Å²) in [4.78, 5) is 31.0. The topological polar surface area (TPSA) is 82.7 Å². The van der Waals surface area contributed by atoms with Crippen LogP contribution < -0.4 is 11.1 Å². The van der Waals surface area contributed by atoms with Gasteiger partial charge in [0.15, 0.2) is 5.16 Å². The normalized spacial score (nSPS) is 11.3. The third kappa shape index (κ3) is 3.48. The number of para-hydroxylation sites is 1. The summed E-state index contributed by atoms with van der Waals surface area (Å²) in [6.45, 7) is 4.04. The molecule has 0 saturated heterocycles. The molecule has 0 saturated carbocycles. The van der Waals surface area contributed by atoms with Crippen LogP contribution in [0.4, 0.5) is 0 Å². The van der Waals surface area contributed by atoms with Crippen LogP contribution in [0.3, 0.4) is 0 Å². The van der Waals surface area contributed by atoms with E-state index in [4.69, 9.17) is 4.98 Å². The summed E-state index contributed by atoms with van der Waals surface area (Å²) >= 11 is 1.27. The molecular weight excluding hydrogens is 422 g/mol. The van der Waals surface area contributed by atoms with E-state index in [-0.39, 0.29) is 17.0 Å². The molecule has 5 aromatic rings. The molecule has 0 N–H and O–H groups in total. The molecular formula is C24H19N5O2S. The third-order valence-electron chi connectivity index (χ3n) is 5.44. The van der Waals surface area contributed by atoms with Gasteiger partial charge < -0.3 is 0 Å². The Morgan fingerprint density at radius 2 is 1.50 bits per heavy atom. The summed E-state index contributed by atoms with van der Waals surface area (Å²) in [7, 11) is 0. The summed E-state index contributed by atoms with van der Waals surface area (Å²) < 4.78 is 2.89. The van der Waals surface area contributed by atoms with Crippen LogP contribution in [0.25, 0.3) is 27.5 Å². The van der Waals surface area contributed by atoms with Crippen LogP contribution in [0.2, 0.25) is 0 Å². The third-order valence-corrected chi connectivity index (χ3v) is 6.34. The molecule has 32 heavy (non-hydrogen) atoms. The second-order valence-electron chi connectivity index (χ2n) is 7.51. The summed E-state index contributed by atoms with van der Waals surface area (Å²) in [5.41, 5.74) is 3.72. The van der Waals surface area contributed by atoms with Crippen molar-refractivity contribution in [2.24, 2.45) is 0 Å². The van der Waals surface area contributed by atoms with Crippen molar-refractivity contribution in [3.63, 3.8) is 0 Å². The van der Waals surface area contributed by atoms with Crippen molar-refractivity contribution in [3.05, 3.63) is 98.6 Å². The molecule has 2 aromatic heterocycles. The molecule has 0 aliphatic rings. The highest BCUT2D eigenvalue weighted by molar-refractivity contribution is 7.98. The van der Waals surface area contributed by atoms with Gasteiger partial charge in [-0.25, -0.2) is 4.98 Å². The monoisotopic (exact) mass is 441 g/mol. The van der Waals surface area contributed by atoms with E-state index >= 15 is 0 Å². The lowest BCUT2D eigenvalue weighted by atomic mass is 10.1. The Hall–Kier alpha value is -3.78. The lowest BCUT2D eigenvalue weighted by Crippen LogP contribution is -2.25. The number of fused-ring (bicyclic) bond motifs is 2. The van der Waals surface area contributed by atoms with Crippen LogP contribution in [0.5, 0.6) is 0 Å². The second-order valence-corrected chi connectivity index (χ2v) is 8.42. The quantitative estimate of drug-likeness (QED) is 0.311. The standard InChI is InChI=1S/C24H19N5O2S/c1-15-11-12-17(13-16(15)2)29-23(31)18-7-3-5-9-20(18)25-24(29)32-14-28-22(30)19-8-4-6-10-21(19)26-27-28/h3-13H,14H2,1-2H3. The molecule has 158 valence electrons. The fraction of sp³-hybridized carbons (Fsp3) is 0.125. The first-order chi connectivity index (χ1) is 15.5. The minimum absolute atomic E-state index is 0.154. The number of aromatic nitrogens is 5. The smallest absolute Gasteiger partial charge is 0.268 e. The number of aryl methyl sites for hydroxylation is 2. The van der Waals surface area contributed by atoms with Gasteiger partial charge in [0.05, 0.1) is 27.9 Å². The fourth-order valence-electron chi connectivity index (χ4n) is 3.53. The lowest BCUT2D eigenvalue weighted by molar-refractivity contribution is 0.642. The highest BCUT2D eigenvalue weighted by atomic mass is 32.2. The van der Waals surface area contributed by atoms with Crippen LogP contribution >= 0.6 is 11.8 Å². The van der Waals surface area contributed by atoms with E-state index in [0.29, 0.717) is 27.0 Å². The Morgan fingerprint density at radius 1 is 0.812 bits per heavy atom.